The fraction of sp³-hybridized carbons (Fsp3) is 0.409. The number of nitrogens with zero attached hydrogens (tertiary/aromatic N) is 1. The molecule has 3 rings (SSSR count). The maximum absolute atomic E-state index is 13.0. The van der Waals surface area contributed by atoms with Crippen LogP contribution in [0.3, 0.4) is 0 Å². The highest BCUT2D eigenvalue weighted by Crippen LogP contribution is 2.37. The van der Waals surface area contributed by atoms with Crippen molar-refractivity contribution in [3.8, 4) is 0 Å². The van der Waals surface area contributed by atoms with Gasteiger partial charge in [-0.3, -0.25) is 4.79 Å². The van der Waals surface area contributed by atoms with E-state index in [0.717, 1.165) is 6.07 Å². The van der Waals surface area contributed by atoms with Gasteiger partial charge in [-0.05, 0) is 36.1 Å². The van der Waals surface area contributed by atoms with Crippen LogP contribution in [0.4, 0.5) is 37.7 Å². The molecule has 0 atom stereocenters. The molecule has 2 aromatic carbocycles. The van der Waals surface area contributed by atoms with Crippen LogP contribution in [0.2, 0.25) is 0 Å². The van der Waals surface area contributed by atoms with Crippen LogP contribution < -0.4 is 11.1 Å². The second kappa shape index (κ2) is 9.30. The third-order valence-corrected chi connectivity index (χ3v) is 5.40. The van der Waals surface area contributed by atoms with Gasteiger partial charge in [0.25, 0.3) is 0 Å². The molecule has 0 unspecified atom stereocenters. The van der Waals surface area contributed by atoms with Crippen LogP contribution >= 0.6 is 0 Å². The van der Waals surface area contributed by atoms with E-state index in [9.17, 15) is 31.1 Å². The molecule has 1 amide bonds. The van der Waals surface area contributed by atoms with Crippen LogP contribution in [0.1, 0.15) is 29.5 Å². The number of benzene rings is 2. The Kier molecular flexibility index (Phi) is 6.90. The summed E-state index contributed by atoms with van der Waals surface area (Å²) in [5.41, 5.74) is 5.41. The molecular weight excluding hydrogens is 436 g/mol. The summed E-state index contributed by atoms with van der Waals surface area (Å²) in [6.45, 7) is 0.836. The summed E-state index contributed by atoms with van der Waals surface area (Å²) < 4.78 is 76.4. The average Bonchev–Trinajstić information content (AvgIpc) is 2.69. The van der Waals surface area contributed by atoms with Gasteiger partial charge in [0.2, 0.25) is 5.91 Å². The number of para-hydroxylation sites is 1. The van der Waals surface area contributed by atoms with Crippen molar-refractivity contribution < 1.29 is 31.1 Å². The highest BCUT2D eigenvalue weighted by Gasteiger charge is 2.34. The number of nitrogen functional groups attached to an aromatic ring is 1. The molecule has 0 radical (unpaired) electrons. The Balaban J connectivity index is 1.52. The summed E-state index contributed by atoms with van der Waals surface area (Å²) in [4.78, 5) is 14.2. The van der Waals surface area contributed by atoms with E-state index in [2.05, 4.69) is 5.32 Å². The summed E-state index contributed by atoms with van der Waals surface area (Å²) >= 11 is 0. The van der Waals surface area contributed by atoms with E-state index < -0.39 is 24.3 Å². The minimum absolute atomic E-state index is 0.0744. The molecule has 0 aromatic heterocycles. The fourth-order valence-corrected chi connectivity index (χ4v) is 3.72. The summed E-state index contributed by atoms with van der Waals surface area (Å²) in [5.74, 6) is -0.148. The first-order valence-corrected chi connectivity index (χ1v) is 10.1. The quantitative estimate of drug-likeness (QED) is 0.487. The van der Waals surface area contributed by atoms with Crippen LogP contribution in [-0.4, -0.2) is 36.1 Å². The van der Waals surface area contributed by atoms with Gasteiger partial charge in [0, 0.05) is 19.1 Å². The predicted octanol–water partition coefficient (Wildman–Crippen LogP) is 5.04. The van der Waals surface area contributed by atoms with Gasteiger partial charge in [0.05, 0.1) is 29.8 Å². The smallest absolute Gasteiger partial charge is 0.397 e. The molecule has 0 bridgehead atoms. The van der Waals surface area contributed by atoms with E-state index >= 15 is 0 Å². The van der Waals surface area contributed by atoms with Crippen LogP contribution in [0.5, 0.6) is 0 Å². The van der Waals surface area contributed by atoms with E-state index in [1.807, 2.05) is 0 Å². The molecule has 4 nitrogen and oxygen atoms in total. The van der Waals surface area contributed by atoms with E-state index in [1.54, 1.807) is 4.90 Å². The molecule has 3 N–H and O–H groups in total. The van der Waals surface area contributed by atoms with Crippen LogP contribution in [-0.2, 0) is 23.8 Å². The Labute approximate surface area is 181 Å². The fourth-order valence-electron chi connectivity index (χ4n) is 3.72. The first-order valence-electron chi connectivity index (χ1n) is 10.1. The summed E-state index contributed by atoms with van der Waals surface area (Å²) in [7, 11) is 0. The summed E-state index contributed by atoms with van der Waals surface area (Å²) in [6, 6.07) is 9.35. The topological polar surface area (TPSA) is 58.4 Å². The van der Waals surface area contributed by atoms with E-state index in [1.165, 1.54) is 36.4 Å². The maximum atomic E-state index is 13.0. The lowest BCUT2D eigenvalue weighted by atomic mass is 10.0. The SMILES string of the molecule is Nc1c(NC2CCN(C(=O)Cc3ccc(CC(F)(F)F)cc3)CC2)cccc1C(F)(F)F. The summed E-state index contributed by atoms with van der Waals surface area (Å²) in [5, 5.41) is 3.04. The van der Waals surface area contributed by atoms with Gasteiger partial charge in [-0.15, -0.1) is 0 Å². The number of carbonyl (C=O) groups is 1. The Morgan fingerprint density at radius 1 is 0.969 bits per heavy atom. The van der Waals surface area contributed by atoms with Gasteiger partial charge in [-0.25, -0.2) is 0 Å². The van der Waals surface area contributed by atoms with E-state index in [0.29, 0.717) is 31.5 Å². The van der Waals surface area contributed by atoms with E-state index in [4.69, 9.17) is 5.73 Å². The Morgan fingerprint density at radius 2 is 1.56 bits per heavy atom. The first kappa shape index (κ1) is 23.7. The summed E-state index contributed by atoms with van der Waals surface area (Å²) in [6.07, 6.45) is -8.70. The van der Waals surface area contributed by atoms with Gasteiger partial charge in [0.15, 0.2) is 0 Å². The van der Waals surface area contributed by atoms with Crippen molar-refractivity contribution in [3.05, 3.63) is 59.2 Å². The Morgan fingerprint density at radius 3 is 2.12 bits per heavy atom. The third kappa shape index (κ3) is 6.30. The van der Waals surface area contributed by atoms with Crippen molar-refractivity contribution in [2.75, 3.05) is 24.1 Å². The molecule has 0 aliphatic carbocycles. The molecule has 2 aromatic rings. The number of hydrogen-bond donors (Lipinski definition) is 2. The number of nitrogens with one attached hydrogen (secondary N) is 1. The standard InChI is InChI=1S/C22H23F6N3O/c23-21(24,25)13-15-6-4-14(5-7-15)12-19(32)31-10-8-16(9-11-31)30-18-3-1-2-17(20(18)29)22(26,27)28/h1-7,16,30H,8-13,29H2. The molecule has 0 spiro atoms. The number of likely N-dealkylation sites (tertiary alicyclic amines) is 1. The highest BCUT2D eigenvalue weighted by molar-refractivity contribution is 5.79. The van der Waals surface area contributed by atoms with Gasteiger partial charge < -0.3 is 16.0 Å². The molecule has 1 aliphatic rings. The first-order chi connectivity index (χ1) is 14.9. The number of alkyl halides is 6. The van der Waals surface area contributed by atoms with Gasteiger partial charge in [-0.1, -0.05) is 30.3 Å². The van der Waals surface area contributed by atoms with Crippen molar-refractivity contribution in [2.45, 2.75) is 44.1 Å². The van der Waals surface area contributed by atoms with Crippen molar-refractivity contribution in [2.24, 2.45) is 0 Å². The van der Waals surface area contributed by atoms with Crippen LogP contribution in [0.25, 0.3) is 0 Å². The maximum Gasteiger partial charge on any atom is 0.418 e. The second-order valence-corrected chi connectivity index (χ2v) is 7.85. The minimum Gasteiger partial charge on any atom is -0.397 e. The molecule has 1 aliphatic heterocycles. The Bertz CT molecular complexity index is 932. The molecule has 1 saturated heterocycles. The molecule has 1 fully saturated rings. The van der Waals surface area contributed by atoms with Crippen LogP contribution in [0.15, 0.2) is 42.5 Å². The predicted molar refractivity (Wildman–Crippen MR) is 109 cm³/mol. The number of piperidine rings is 1. The number of rotatable bonds is 5. The molecule has 32 heavy (non-hydrogen) atoms. The molecule has 0 saturated carbocycles. The zero-order chi connectivity index (χ0) is 23.5. The molecule has 1 heterocycles. The number of anilines is 2. The van der Waals surface area contributed by atoms with Crippen LogP contribution in [0, 0.1) is 0 Å². The van der Waals surface area contributed by atoms with Crippen molar-refractivity contribution in [3.63, 3.8) is 0 Å². The lowest BCUT2D eigenvalue weighted by Crippen LogP contribution is -2.43. The van der Waals surface area contributed by atoms with E-state index in [-0.39, 0.29) is 35.3 Å². The highest BCUT2D eigenvalue weighted by atomic mass is 19.4. The Hall–Kier alpha value is -2.91. The van der Waals surface area contributed by atoms with Gasteiger partial charge in [-0.2, -0.15) is 26.3 Å². The van der Waals surface area contributed by atoms with Crippen molar-refractivity contribution in [1.29, 1.82) is 0 Å². The van der Waals surface area contributed by atoms with Crippen molar-refractivity contribution >= 4 is 17.3 Å². The molecular formula is C22H23F6N3O. The lowest BCUT2D eigenvalue weighted by molar-refractivity contribution is -0.137. The number of carbonyl (C=O) groups excluding carboxylic acids is 1. The second-order valence-electron chi connectivity index (χ2n) is 7.85. The molecule has 10 heteroatoms. The van der Waals surface area contributed by atoms with Gasteiger partial charge >= 0.3 is 12.4 Å². The normalized spacial score (nSPS) is 15.6. The third-order valence-electron chi connectivity index (χ3n) is 5.40. The lowest BCUT2D eigenvalue weighted by Gasteiger charge is -2.33. The number of halogens is 6. The molecule has 174 valence electrons. The zero-order valence-electron chi connectivity index (χ0n) is 17.1. The minimum atomic E-state index is -4.54. The van der Waals surface area contributed by atoms with Crippen molar-refractivity contribution in [1.82, 2.24) is 4.90 Å². The number of nitrogens with two attached hydrogens (primary N) is 1. The monoisotopic (exact) mass is 459 g/mol. The average molecular weight is 459 g/mol. The largest absolute Gasteiger partial charge is 0.418 e. The van der Waals surface area contributed by atoms with Gasteiger partial charge in [0.1, 0.15) is 0 Å². The number of hydrogen-bond acceptors (Lipinski definition) is 3. The number of amides is 1. The zero-order valence-corrected chi connectivity index (χ0v) is 17.1.